The Morgan fingerprint density at radius 2 is 2.05 bits per heavy atom. The molecule has 2 aliphatic rings. The molecule has 0 amide bonds. The molecule has 3 rings (SSSR count). The van der Waals surface area contributed by atoms with Gasteiger partial charge in [-0.3, -0.25) is 0 Å². The maximum absolute atomic E-state index is 12.6. The summed E-state index contributed by atoms with van der Waals surface area (Å²) in [4.78, 5) is 0.351. The van der Waals surface area contributed by atoms with Crippen molar-refractivity contribution in [2.75, 3.05) is 31.6 Å². The number of rotatable bonds is 2. The number of piperidine rings is 1. The Hall–Kier alpha value is -1.27. The molecule has 0 spiro atoms. The predicted molar refractivity (Wildman–Crippen MR) is 77.6 cm³/mol. The van der Waals surface area contributed by atoms with Crippen LogP contribution in [0.25, 0.3) is 0 Å². The SMILES string of the molecule is CC1CCN(S(=O)(=O)c2ccc3c(c2)NCCO3)CC1. The van der Waals surface area contributed by atoms with Crippen LogP contribution in [0.3, 0.4) is 0 Å². The third-order valence-electron chi connectivity index (χ3n) is 4.01. The summed E-state index contributed by atoms with van der Waals surface area (Å²) in [5.41, 5.74) is 0.766. The van der Waals surface area contributed by atoms with Crippen molar-refractivity contribution in [3.05, 3.63) is 18.2 Å². The molecular formula is C14H20N2O3S. The average molecular weight is 296 g/mol. The lowest BCUT2D eigenvalue weighted by atomic mass is 10.0. The highest BCUT2D eigenvalue weighted by Gasteiger charge is 2.28. The van der Waals surface area contributed by atoms with Crippen molar-refractivity contribution in [3.63, 3.8) is 0 Å². The molecule has 110 valence electrons. The molecule has 1 saturated heterocycles. The summed E-state index contributed by atoms with van der Waals surface area (Å²) >= 11 is 0. The fraction of sp³-hybridized carbons (Fsp3) is 0.571. The summed E-state index contributed by atoms with van der Waals surface area (Å²) < 4.78 is 32.3. The van der Waals surface area contributed by atoms with Gasteiger partial charge in [-0.15, -0.1) is 0 Å². The normalized spacial score (nSPS) is 20.9. The molecule has 1 aromatic rings. The van der Waals surface area contributed by atoms with Crippen molar-refractivity contribution in [1.82, 2.24) is 4.31 Å². The molecule has 6 heteroatoms. The monoisotopic (exact) mass is 296 g/mol. The van der Waals surface area contributed by atoms with E-state index in [2.05, 4.69) is 12.2 Å². The van der Waals surface area contributed by atoms with Crippen LogP contribution in [-0.2, 0) is 10.0 Å². The first-order valence-corrected chi connectivity index (χ1v) is 8.52. The van der Waals surface area contributed by atoms with Crippen molar-refractivity contribution < 1.29 is 13.2 Å². The van der Waals surface area contributed by atoms with E-state index in [1.807, 2.05) is 0 Å². The smallest absolute Gasteiger partial charge is 0.243 e. The second-order valence-corrected chi connectivity index (χ2v) is 7.46. The van der Waals surface area contributed by atoms with Gasteiger partial charge < -0.3 is 10.1 Å². The number of hydrogen-bond acceptors (Lipinski definition) is 4. The van der Waals surface area contributed by atoms with Gasteiger partial charge >= 0.3 is 0 Å². The van der Waals surface area contributed by atoms with E-state index in [-0.39, 0.29) is 0 Å². The second kappa shape index (κ2) is 5.26. The van der Waals surface area contributed by atoms with Crippen LogP contribution in [-0.4, -0.2) is 39.0 Å². The summed E-state index contributed by atoms with van der Waals surface area (Å²) in [6.07, 6.45) is 1.87. The average Bonchev–Trinajstić information content (AvgIpc) is 2.47. The Bertz CT molecular complexity index is 592. The lowest BCUT2D eigenvalue weighted by molar-refractivity contribution is 0.288. The van der Waals surface area contributed by atoms with E-state index in [1.54, 1.807) is 22.5 Å². The van der Waals surface area contributed by atoms with Crippen LogP contribution in [0.4, 0.5) is 5.69 Å². The standard InChI is InChI=1S/C14H20N2O3S/c1-11-4-7-16(8-5-11)20(17,18)12-2-3-14-13(10-12)15-6-9-19-14/h2-3,10-11,15H,4-9H2,1H3. The molecule has 20 heavy (non-hydrogen) atoms. The summed E-state index contributed by atoms with van der Waals surface area (Å²) in [6, 6.07) is 5.06. The van der Waals surface area contributed by atoms with Crippen LogP contribution < -0.4 is 10.1 Å². The summed E-state index contributed by atoms with van der Waals surface area (Å²) in [5.74, 6) is 1.34. The van der Waals surface area contributed by atoms with Gasteiger partial charge in [-0.05, 0) is 37.0 Å². The number of anilines is 1. The zero-order valence-electron chi connectivity index (χ0n) is 11.6. The van der Waals surface area contributed by atoms with Crippen molar-refractivity contribution in [2.24, 2.45) is 5.92 Å². The fourth-order valence-corrected chi connectivity index (χ4v) is 4.15. The van der Waals surface area contributed by atoms with Gasteiger partial charge in [0.2, 0.25) is 10.0 Å². The summed E-state index contributed by atoms with van der Waals surface area (Å²) in [7, 11) is -3.38. The first-order valence-electron chi connectivity index (χ1n) is 7.08. The molecule has 0 bridgehead atoms. The third kappa shape index (κ3) is 2.50. The second-order valence-electron chi connectivity index (χ2n) is 5.52. The first-order chi connectivity index (χ1) is 9.57. The van der Waals surface area contributed by atoms with Crippen LogP contribution in [0.1, 0.15) is 19.8 Å². The minimum absolute atomic E-state index is 0.351. The van der Waals surface area contributed by atoms with Crippen LogP contribution >= 0.6 is 0 Å². The first kappa shape index (κ1) is 13.7. The Morgan fingerprint density at radius 1 is 1.30 bits per heavy atom. The zero-order chi connectivity index (χ0) is 14.2. The minimum Gasteiger partial charge on any atom is -0.490 e. The molecule has 1 fully saturated rings. The summed E-state index contributed by atoms with van der Waals surface area (Å²) in [5, 5.41) is 3.18. The van der Waals surface area contributed by atoms with Crippen LogP contribution in [0, 0.1) is 5.92 Å². The molecule has 0 radical (unpaired) electrons. The molecule has 5 nitrogen and oxygen atoms in total. The molecule has 0 atom stereocenters. The molecule has 0 unspecified atom stereocenters. The highest BCUT2D eigenvalue weighted by Crippen LogP contribution is 2.31. The van der Waals surface area contributed by atoms with E-state index in [9.17, 15) is 8.42 Å². The van der Waals surface area contributed by atoms with E-state index in [4.69, 9.17) is 4.74 Å². The van der Waals surface area contributed by atoms with Crippen molar-refractivity contribution >= 4 is 15.7 Å². The highest BCUT2D eigenvalue weighted by molar-refractivity contribution is 7.89. The number of ether oxygens (including phenoxy) is 1. The van der Waals surface area contributed by atoms with Crippen LogP contribution in [0.5, 0.6) is 5.75 Å². The largest absolute Gasteiger partial charge is 0.490 e. The molecule has 0 aromatic heterocycles. The van der Waals surface area contributed by atoms with Crippen molar-refractivity contribution in [3.8, 4) is 5.75 Å². The molecule has 2 aliphatic heterocycles. The van der Waals surface area contributed by atoms with E-state index in [0.717, 1.165) is 24.3 Å². The van der Waals surface area contributed by atoms with Crippen LogP contribution in [0.15, 0.2) is 23.1 Å². The van der Waals surface area contributed by atoms with Crippen molar-refractivity contribution in [2.45, 2.75) is 24.7 Å². The molecule has 0 aliphatic carbocycles. The molecule has 0 saturated carbocycles. The topological polar surface area (TPSA) is 58.6 Å². The molecule has 2 heterocycles. The van der Waals surface area contributed by atoms with E-state index in [1.165, 1.54) is 0 Å². The maximum atomic E-state index is 12.6. The number of sulfonamides is 1. The fourth-order valence-electron chi connectivity index (χ4n) is 2.65. The van der Waals surface area contributed by atoms with Crippen molar-refractivity contribution in [1.29, 1.82) is 0 Å². The van der Waals surface area contributed by atoms with E-state index >= 15 is 0 Å². The Kier molecular flexibility index (Phi) is 3.60. The van der Waals surface area contributed by atoms with E-state index < -0.39 is 10.0 Å². The number of hydrogen-bond donors (Lipinski definition) is 1. The van der Waals surface area contributed by atoms with Crippen LogP contribution in [0.2, 0.25) is 0 Å². The van der Waals surface area contributed by atoms with E-state index in [0.29, 0.717) is 37.1 Å². The number of benzene rings is 1. The number of nitrogens with one attached hydrogen (secondary N) is 1. The highest BCUT2D eigenvalue weighted by atomic mass is 32.2. The molecule has 1 aromatic carbocycles. The van der Waals surface area contributed by atoms with Gasteiger partial charge in [-0.1, -0.05) is 6.92 Å². The Labute approximate surface area is 120 Å². The Balaban J connectivity index is 1.87. The quantitative estimate of drug-likeness (QED) is 0.906. The lowest BCUT2D eigenvalue weighted by Gasteiger charge is -2.29. The molecular weight excluding hydrogens is 276 g/mol. The van der Waals surface area contributed by atoms with Gasteiger partial charge in [-0.2, -0.15) is 4.31 Å². The van der Waals surface area contributed by atoms with Gasteiger partial charge in [0.1, 0.15) is 12.4 Å². The molecule has 1 N–H and O–H groups in total. The minimum atomic E-state index is -3.38. The number of fused-ring (bicyclic) bond motifs is 1. The predicted octanol–water partition coefficient (Wildman–Crippen LogP) is 1.91. The van der Waals surface area contributed by atoms with Gasteiger partial charge in [0.25, 0.3) is 0 Å². The summed E-state index contributed by atoms with van der Waals surface area (Å²) in [6.45, 7) is 4.72. The zero-order valence-corrected chi connectivity index (χ0v) is 12.4. The van der Waals surface area contributed by atoms with Gasteiger partial charge in [0, 0.05) is 19.6 Å². The number of nitrogens with zero attached hydrogens (tertiary/aromatic N) is 1. The third-order valence-corrected chi connectivity index (χ3v) is 5.90. The van der Waals surface area contributed by atoms with Gasteiger partial charge in [0.05, 0.1) is 10.6 Å². The Morgan fingerprint density at radius 3 is 2.80 bits per heavy atom. The van der Waals surface area contributed by atoms with Gasteiger partial charge in [-0.25, -0.2) is 8.42 Å². The maximum Gasteiger partial charge on any atom is 0.243 e. The lowest BCUT2D eigenvalue weighted by Crippen LogP contribution is -2.37. The van der Waals surface area contributed by atoms with Gasteiger partial charge in [0.15, 0.2) is 0 Å².